The molecule has 0 fully saturated rings. The number of amides is 2. The molecule has 29 heavy (non-hydrogen) atoms. The quantitative estimate of drug-likeness (QED) is 0.464. The summed E-state index contributed by atoms with van der Waals surface area (Å²) < 4.78 is 5.64. The number of ether oxygens (including phenoxy) is 1. The van der Waals surface area contributed by atoms with Gasteiger partial charge < -0.3 is 20.3 Å². The van der Waals surface area contributed by atoms with Gasteiger partial charge in [-0.2, -0.15) is 0 Å². The van der Waals surface area contributed by atoms with Gasteiger partial charge in [-0.25, -0.2) is 0 Å². The van der Waals surface area contributed by atoms with Gasteiger partial charge in [0.2, 0.25) is 0 Å². The summed E-state index contributed by atoms with van der Waals surface area (Å²) in [5, 5.41) is 6.20. The summed E-state index contributed by atoms with van der Waals surface area (Å²) in [7, 11) is 4.03. The first-order valence-corrected chi connectivity index (χ1v) is 10.0. The van der Waals surface area contributed by atoms with Crippen LogP contribution in [0.2, 0.25) is 10.0 Å². The van der Waals surface area contributed by atoms with Crippen molar-refractivity contribution in [2.75, 3.05) is 39.1 Å². The number of halogens is 2. The van der Waals surface area contributed by atoms with E-state index in [9.17, 15) is 9.59 Å². The molecule has 8 heteroatoms. The van der Waals surface area contributed by atoms with Gasteiger partial charge in [-0.05, 0) is 75.0 Å². The SMILES string of the molecule is CN(C)CCCOc1ccc(NC(=O)C(=O)NCCc2cc(Cl)cc(Cl)c2)cc1. The Morgan fingerprint density at radius 2 is 1.66 bits per heavy atom. The van der Waals surface area contributed by atoms with Crippen molar-refractivity contribution in [2.24, 2.45) is 0 Å². The Morgan fingerprint density at radius 3 is 2.28 bits per heavy atom. The molecule has 0 aliphatic rings. The Hall–Kier alpha value is -2.28. The fraction of sp³-hybridized carbons (Fsp3) is 0.333. The molecule has 156 valence electrons. The van der Waals surface area contributed by atoms with Crippen LogP contribution in [-0.4, -0.2) is 50.5 Å². The van der Waals surface area contributed by atoms with E-state index in [1.807, 2.05) is 14.1 Å². The lowest BCUT2D eigenvalue weighted by molar-refractivity contribution is -0.136. The molecule has 0 aliphatic heterocycles. The smallest absolute Gasteiger partial charge is 0.313 e. The van der Waals surface area contributed by atoms with E-state index in [-0.39, 0.29) is 0 Å². The maximum Gasteiger partial charge on any atom is 0.313 e. The van der Waals surface area contributed by atoms with Crippen LogP contribution in [0.3, 0.4) is 0 Å². The molecular weight excluding hydrogens is 413 g/mol. The predicted molar refractivity (Wildman–Crippen MR) is 117 cm³/mol. The van der Waals surface area contributed by atoms with Gasteiger partial charge in [-0.1, -0.05) is 23.2 Å². The summed E-state index contributed by atoms with van der Waals surface area (Å²) in [6, 6.07) is 12.1. The third kappa shape index (κ3) is 8.73. The van der Waals surface area contributed by atoms with Crippen LogP contribution in [0.4, 0.5) is 5.69 Å². The van der Waals surface area contributed by atoms with E-state index in [4.69, 9.17) is 27.9 Å². The Bertz CT molecular complexity index is 806. The van der Waals surface area contributed by atoms with Crippen molar-refractivity contribution in [3.8, 4) is 5.75 Å². The molecular formula is C21H25Cl2N3O3. The molecule has 6 nitrogen and oxygen atoms in total. The topological polar surface area (TPSA) is 70.7 Å². The first kappa shape index (κ1) is 23.0. The number of nitrogens with one attached hydrogen (secondary N) is 2. The Labute approximate surface area is 181 Å². The van der Waals surface area contributed by atoms with Crippen LogP contribution in [0.15, 0.2) is 42.5 Å². The molecule has 2 rings (SSSR count). The molecule has 0 saturated heterocycles. The molecule has 0 aliphatic carbocycles. The van der Waals surface area contributed by atoms with Crippen molar-refractivity contribution in [2.45, 2.75) is 12.8 Å². The third-order valence-corrected chi connectivity index (χ3v) is 4.39. The van der Waals surface area contributed by atoms with Crippen molar-refractivity contribution < 1.29 is 14.3 Å². The summed E-state index contributed by atoms with van der Waals surface area (Å²) in [5.74, 6) is -0.720. The summed E-state index contributed by atoms with van der Waals surface area (Å²) in [6.45, 7) is 1.86. The van der Waals surface area contributed by atoms with Gasteiger partial charge in [0.15, 0.2) is 0 Å². The zero-order valence-electron chi connectivity index (χ0n) is 16.5. The summed E-state index contributed by atoms with van der Waals surface area (Å²) >= 11 is 11.9. The number of carbonyl (C=O) groups excluding carboxylic acids is 2. The minimum Gasteiger partial charge on any atom is -0.494 e. The van der Waals surface area contributed by atoms with E-state index in [1.165, 1.54) is 0 Å². The van der Waals surface area contributed by atoms with E-state index >= 15 is 0 Å². The molecule has 0 bridgehead atoms. The van der Waals surface area contributed by atoms with Crippen molar-refractivity contribution in [1.82, 2.24) is 10.2 Å². The van der Waals surface area contributed by atoms with Crippen molar-refractivity contribution in [3.63, 3.8) is 0 Å². The molecule has 0 atom stereocenters. The highest BCUT2D eigenvalue weighted by molar-refractivity contribution is 6.39. The molecule has 0 spiro atoms. The van der Waals surface area contributed by atoms with Gasteiger partial charge in [0.05, 0.1) is 6.61 Å². The zero-order valence-corrected chi connectivity index (χ0v) is 18.0. The molecule has 2 aromatic rings. The highest BCUT2D eigenvalue weighted by Crippen LogP contribution is 2.19. The number of anilines is 1. The lowest BCUT2D eigenvalue weighted by atomic mass is 10.1. The Balaban J connectivity index is 1.73. The van der Waals surface area contributed by atoms with Crippen LogP contribution >= 0.6 is 23.2 Å². The average Bonchev–Trinajstić information content (AvgIpc) is 2.65. The molecule has 0 unspecified atom stereocenters. The number of benzene rings is 2. The normalized spacial score (nSPS) is 10.7. The number of carbonyl (C=O) groups is 2. The molecule has 0 aromatic heterocycles. The standard InChI is InChI=1S/C21H25Cl2N3O3/c1-26(2)10-3-11-29-19-6-4-18(5-7-19)25-21(28)20(27)24-9-8-15-12-16(22)14-17(23)13-15/h4-7,12-14H,3,8-11H2,1-2H3,(H,24,27)(H,25,28). The predicted octanol–water partition coefficient (Wildman–Crippen LogP) is 3.62. The van der Waals surface area contributed by atoms with E-state index < -0.39 is 11.8 Å². The van der Waals surface area contributed by atoms with Crippen molar-refractivity contribution in [3.05, 3.63) is 58.1 Å². The monoisotopic (exact) mass is 437 g/mol. The van der Waals surface area contributed by atoms with E-state index in [0.29, 0.717) is 41.1 Å². The van der Waals surface area contributed by atoms with Gasteiger partial charge in [0.1, 0.15) is 5.75 Å². The first-order chi connectivity index (χ1) is 13.8. The lowest BCUT2D eigenvalue weighted by Crippen LogP contribution is -2.36. The van der Waals surface area contributed by atoms with Crippen LogP contribution in [0, 0.1) is 0 Å². The zero-order chi connectivity index (χ0) is 21.2. The minimum atomic E-state index is -0.728. The second-order valence-electron chi connectivity index (χ2n) is 6.77. The van der Waals surface area contributed by atoms with Crippen molar-refractivity contribution in [1.29, 1.82) is 0 Å². The Morgan fingerprint density at radius 1 is 1.00 bits per heavy atom. The van der Waals surface area contributed by atoms with Gasteiger partial charge in [0, 0.05) is 28.8 Å². The molecule has 2 amide bonds. The lowest BCUT2D eigenvalue weighted by Gasteiger charge is -2.11. The number of rotatable bonds is 9. The van der Waals surface area contributed by atoms with E-state index in [2.05, 4.69) is 15.5 Å². The second-order valence-corrected chi connectivity index (χ2v) is 7.64. The molecule has 0 saturated carbocycles. The van der Waals surface area contributed by atoms with Gasteiger partial charge in [-0.15, -0.1) is 0 Å². The maximum atomic E-state index is 12.0. The highest BCUT2D eigenvalue weighted by Gasteiger charge is 2.13. The molecule has 0 heterocycles. The number of hydrogen-bond donors (Lipinski definition) is 2. The third-order valence-electron chi connectivity index (χ3n) is 3.96. The minimum absolute atomic E-state index is 0.294. The van der Waals surface area contributed by atoms with Gasteiger partial charge in [-0.3, -0.25) is 9.59 Å². The van der Waals surface area contributed by atoms with Crippen LogP contribution in [-0.2, 0) is 16.0 Å². The van der Waals surface area contributed by atoms with Crippen LogP contribution in [0.1, 0.15) is 12.0 Å². The summed E-state index contributed by atoms with van der Waals surface area (Å²) in [4.78, 5) is 26.1. The molecule has 0 radical (unpaired) electrons. The fourth-order valence-electron chi connectivity index (χ4n) is 2.55. The number of nitrogens with zero attached hydrogens (tertiary/aromatic N) is 1. The highest BCUT2D eigenvalue weighted by atomic mass is 35.5. The number of hydrogen-bond acceptors (Lipinski definition) is 4. The van der Waals surface area contributed by atoms with Crippen molar-refractivity contribution >= 4 is 40.7 Å². The average molecular weight is 438 g/mol. The molecule has 2 N–H and O–H groups in total. The van der Waals surface area contributed by atoms with Crippen LogP contribution < -0.4 is 15.4 Å². The van der Waals surface area contributed by atoms with Crippen LogP contribution in [0.25, 0.3) is 0 Å². The summed E-state index contributed by atoms with van der Waals surface area (Å²) in [6.07, 6.45) is 1.44. The van der Waals surface area contributed by atoms with E-state index in [1.54, 1.807) is 42.5 Å². The molecule has 2 aromatic carbocycles. The largest absolute Gasteiger partial charge is 0.494 e. The van der Waals surface area contributed by atoms with E-state index in [0.717, 1.165) is 18.5 Å². The maximum absolute atomic E-state index is 12.0. The van der Waals surface area contributed by atoms with Gasteiger partial charge in [0.25, 0.3) is 0 Å². The van der Waals surface area contributed by atoms with Gasteiger partial charge >= 0.3 is 11.8 Å². The first-order valence-electron chi connectivity index (χ1n) is 9.25. The Kier molecular flexibility index (Phi) is 9.25. The summed E-state index contributed by atoms with van der Waals surface area (Å²) in [5.41, 5.74) is 1.40. The second kappa shape index (κ2) is 11.7. The van der Waals surface area contributed by atoms with Crippen LogP contribution in [0.5, 0.6) is 5.75 Å². The fourth-order valence-corrected chi connectivity index (χ4v) is 3.12.